The predicted molar refractivity (Wildman–Crippen MR) is 112 cm³/mol. The van der Waals surface area contributed by atoms with Gasteiger partial charge in [0.2, 0.25) is 11.8 Å². The number of nitrogens with one attached hydrogen (secondary N) is 1. The Morgan fingerprint density at radius 3 is 2.68 bits per heavy atom. The number of halogens is 1. The van der Waals surface area contributed by atoms with Crippen LogP contribution in [0.15, 0.2) is 48.7 Å². The Labute approximate surface area is 182 Å². The van der Waals surface area contributed by atoms with Crippen LogP contribution in [0.4, 0.5) is 0 Å². The van der Waals surface area contributed by atoms with Gasteiger partial charge in [0.05, 0.1) is 17.6 Å². The van der Waals surface area contributed by atoms with E-state index in [-0.39, 0.29) is 24.8 Å². The van der Waals surface area contributed by atoms with Crippen LogP contribution in [0.2, 0.25) is 5.02 Å². The van der Waals surface area contributed by atoms with Gasteiger partial charge in [0, 0.05) is 35.5 Å². The first-order chi connectivity index (χ1) is 15.0. The maximum atomic E-state index is 13.0. The molecule has 2 aliphatic rings. The lowest BCUT2D eigenvalue weighted by Crippen LogP contribution is -2.52. The van der Waals surface area contributed by atoms with Gasteiger partial charge in [0.25, 0.3) is 5.91 Å². The predicted octanol–water partition coefficient (Wildman–Crippen LogP) is 2.27. The van der Waals surface area contributed by atoms with E-state index in [0.717, 1.165) is 22.5 Å². The van der Waals surface area contributed by atoms with Gasteiger partial charge in [0.15, 0.2) is 0 Å². The van der Waals surface area contributed by atoms with E-state index in [1.54, 1.807) is 16.8 Å². The van der Waals surface area contributed by atoms with Crippen LogP contribution in [0.3, 0.4) is 0 Å². The van der Waals surface area contributed by atoms with Crippen molar-refractivity contribution in [1.29, 1.82) is 0 Å². The second-order valence-electron chi connectivity index (χ2n) is 7.66. The van der Waals surface area contributed by atoms with Crippen LogP contribution >= 0.6 is 11.6 Å². The summed E-state index contributed by atoms with van der Waals surface area (Å²) in [5.41, 5.74) is 3.92. The molecule has 156 valence electrons. The molecule has 0 bridgehead atoms. The number of fused-ring (bicyclic) bond motifs is 1. The highest BCUT2D eigenvalue weighted by Crippen LogP contribution is 2.31. The molecule has 8 nitrogen and oxygen atoms in total. The number of nitrogens with zero attached hydrogens (tertiary/aromatic N) is 4. The van der Waals surface area contributed by atoms with Gasteiger partial charge in [-0.25, -0.2) is 4.68 Å². The van der Waals surface area contributed by atoms with Crippen molar-refractivity contribution >= 4 is 29.3 Å². The average Bonchev–Trinajstić information content (AvgIpc) is 3.35. The quantitative estimate of drug-likeness (QED) is 0.634. The molecule has 31 heavy (non-hydrogen) atoms. The lowest BCUT2D eigenvalue weighted by Gasteiger charge is -2.29. The zero-order chi connectivity index (χ0) is 21.5. The fourth-order valence-electron chi connectivity index (χ4n) is 4.09. The molecule has 1 fully saturated rings. The summed E-state index contributed by atoms with van der Waals surface area (Å²) in [6.45, 7) is 0.281. The average molecular weight is 436 g/mol. The second kappa shape index (κ2) is 7.63. The number of piperidine rings is 1. The number of amides is 3. The van der Waals surface area contributed by atoms with Crippen molar-refractivity contribution in [1.82, 2.24) is 25.2 Å². The Morgan fingerprint density at radius 1 is 1.10 bits per heavy atom. The first kappa shape index (κ1) is 19.4. The zero-order valence-corrected chi connectivity index (χ0v) is 17.2. The summed E-state index contributed by atoms with van der Waals surface area (Å²) in [6.07, 6.45) is 2.99. The van der Waals surface area contributed by atoms with E-state index in [0.29, 0.717) is 23.4 Å². The van der Waals surface area contributed by atoms with E-state index >= 15 is 0 Å². The SMILES string of the molecule is O=C1CCC(N2Cc3c(cccc3-n3cc(Cc4ccc(Cl)cc4)nn3)C2=O)C(=O)N1. The van der Waals surface area contributed by atoms with Gasteiger partial charge in [-0.2, -0.15) is 0 Å². The van der Waals surface area contributed by atoms with Gasteiger partial charge >= 0.3 is 0 Å². The molecule has 0 spiro atoms. The summed E-state index contributed by atoms with van der Waals surface area (Å²) in [5.74, 6) is -0.945. The first-order valence-corrected chi connectivity index (χ1v) is 10.3. The van der Waals surface area contributed by atoms with E-state index in [1.807, 2.05) is 36.5 Å². The third-order valence-corrected chi connectivity index (χ3v) is 5.90. The molecule has 0 saturated carbocycles. The Morgan fingerprint density at radius 2 is 1.90 bits per heavy atom. The summed E-state index contributed by atoms with van der Waals surface area (Å²) in [5, 5.41) is 11.5. The first-order valence-electron chi connectivity index (χ1n) is 9.92. The van der Waals surface area contributed by atoms with Gasteiger partial charge < -0.3 is 4.90 Å². The van der Waals surface area contributed by atoms with E-state index in [9.17, 15) is 14.4 Å². The minimum Gasteiger partial charge on any atom is -0.322 e. The highest BCUT2D eigenvalue weighted by Gasteiger charge is 2.40. The molecule has 3 aromatic rings. The summed E-state index contributed by atoms with van der Waals surface area (Å²) in [4.78, 5) is 38.3. The normalized spacial score (nSPS) is 18.3. The fraction of sp³-hybridized carbons (Fsp3) is 0.227. The molecule has 0 radical (unpaired) electrons. The van der Waals surface area contributed by atoms with Crippen molar-refractivity contribution in [3.05, 3.63) is 76.1 Å². The number of benzene rings is 2. The maximum absolute atomic E-state index is 13.0. The summed E-state index contributed by atoms with van der Waals surface area (Å²) in [6, 6.07) is 12.3. The van der Waals surface area contributed by atoms with Crippen LogP contribution in [0.1, 0.15) is 40.0 Å². The molecule has 3 heterocycles. The Kier molecular flexibility index (Phi) is 4.78. The molecule has 9 heteroatoms. The van der Waals surface area contributed by atoms with E-state index in [2.05, 4.69) is 15.6 Å². The van der Waals surface area contributed by atoms with Crippen molar-refractivity contribution in [3.63, 3.8) is 0 Å². The molecule has 0 aliphatic carbocycles. The third-order valence-electron chi connectivity index (χ3n) is 5.64. The van der Waals surface area contributed by atoms with Gasteiger partial charge in [-0.05, 0) is 36.2 Å². The number of hydrogen-bond donors (Lipinski definition) is 1. The van der Waals surface area contributed by atoms with Crippen LogP contribution in [-0.2, 0) is 22.6 Å². The van der Waals surface area contributed by atoms with E-state index in [1.165, 1.54) is 4.90 Å². The smallest absolute Gasteiger partial charge is 0.255 e. The second-order valence-corrected chi connectivity index (χ2v) is 8.10. The summed E-state index contributed by atoms with van der Waals surface area (Å²) in [7, 11) is 0. The molecule has 1 saturated heterocycles. The van der Waals surface area contributed by atoms with E-state index in [4.69, 9.17) is 11.6 Å². The number of aromatic nitrogens is 3. The van der Waals surface area contributed by atoms with Gasteiger partial charge in [-0.15, -0.1) is 5.10 Å². The number of hydrogen-bond acceptors (Lipinski definition) is 5. The minimum absolute atomic E-state index is 0.215. The molecule has 1 N–H and O–H groups in total. The lowest BCUT2D eigenvalue weighted by molar-refractivity contribution is -0.136. The van der Waals surface area contributed by atoms with Crippen molar-refractivity contribution in [3.8, 4) is 5.69 Å². The van der Waals surface area contributed by atoms with Gasteiger partial charge in [-0.3, -0.25) is 19.7 Å². The molecular formula is C22H18ClN5O3. The Balaban J connectivity index is 1.41. The minimum atomic E-state index is -0.651. The third kappa shape index (κ3) is 3.59. The number of carbonyl (C=O) groups excluding carboxylic acids is 3. The highest BCUT2D eigenvalue weighted by molar-refractivity contribution is 6.30. The molecule has 2 aromatic carbocycles. The number of rotatable bonds is 4. The number of imide groups is 1. The fourth-order valence-corrected chi connectivity index (χ4v) is 4.22. The Bertz CT molecular complexity index is 1200. The topological polar surface area (TPSA) is 97.2 Å². The molecular weight excluding hydrogens is 418 g/mol. The van der Waals surface area contributed by atoms with E-state index < -0.39 is 11.9 Å². The van der Waals surface area contributed by atoms with Gasteiger partial charge in [-0.1, -0.05) is 35.0 Å². The molecule has 1 aromatic heterocycles. The van der Waals surface area contributed by atoms with Crippen LogP contribution in [0.5, 0.6) is 0 Å². The molecule has 1 atom stereocenters. The largest absolute Gasteiger partial charge is 0.322 e. The summed E-state index contributed by atoms with van der Waals surface area (Å²) < 4.78 is 1.66. The maximum Gasteiger partial charge on any atom is 0.255 e. The van der Waals surface area contributed by atoms with Crippen molar-refractivity contribution in [2.75, 3.05) is 0 Å². The highest BCUT2D eigenvalue weighted by atomic mass is 35.5. The standard InChI is InChI=1S/C22H18ClN5O3/c23-14-6-4-13(5-7-14)10-15-11-28(26-25-15)18-3-1-2-16-17(18)12-27(22(16)31)19-8-9-20(29)24-21(19)30/h1-7,11,19H,8-10,12H2,(H,24,29,30). The van der Waals surface area contributed by atoms with Crippen LogP contribution in [0, 0.1) is 0 Å². The zero-order valence-electron chi connectivity index (χ0n) is 16.4. The van der Waals surface area contributed by atoms with Crippen molar-refractivity contribution < 1.29 is 14.4 Å². The van der Waals surface area contributed by atoms with Crippen LogP contribution < -0.4 is 5.32 Å². The van der Waals surface area contributed by atoms with Crippen LogP contribution in [0.25, 0.3) is 5.69 Å². The van der Waals surface area contributed by atoms with Gasteiger partial charge in [0.1, 0.15) is 6.04 Å². The van der Waals surface area contributed by atoms with Crippen molar-refractivity contribution in [2.24, 2.45) is 0 Å². The summed E-state index contributed by atoms with van der Waals surface area (Å²) >= 11 is 5.94. The van der Waals surface area contributed by atoms with Crippen LogP contribution in [-0.4, -0.2) is 43.7 Å². The lowest BCUT2D eigenvalue weighted by atomic mass is 10.0. The van der Waals surface area contributed by atoms with Crippen molar-refractivity contribution in [2.45, 2.75) is 31.8 Å². The molecule has 5 rings (SSSR count). The monoisotopic (exact) mass is 435 g/mol. The Hall–Kier alpha value is -3.52. The molecule has 1 unspecified atom stereocenters. The molecule has 2 aliphatic heterocycles. The molecule has 3 amide bonds. The number of carbonyl (C=O) groups is 3.